The lowest BCUT2D eigenvalue weighted by molar-refractivity contribution is 0.0569. The van der Waals surface area contributed by atoms with E-state index in [9.17, 15) is 14.0 Å². The van der Waals surface area contributed by atoms with E-state index in [0.29, 0.717) is 6.42 Å². The molecule has 0 radical (unpaired) electrons. The highest BCUT2D eigenvalue weighted by Gasteiger charge is 2.28. The molecule has 0 bridgehead atoms. The fraction of sp³-hybridized carbons (Fsp3) is 1.00. The van der Waals surface area contributed by atoms with Crippen molar-refractivity contribution in [3.05, 3.63) is 0 Å². The second-order valence-electron chi connectivity index (χ2n) is 4.95. The number of phosphoric ester groups is 1. The van der Waals surface area contributed by atoms with Gasteiger partial charge in [0.25, 0.3) is 0 Å². The molecule has 0 aromatic rings. The van der Waals surface area contributed by atoms with Gasteiger partial charge < -0.3 is 14.5 Å². The summed E-state index contributed by atoms with van der Waals surface area (Å²) < 4.78 is 36.7. The smallest absolute Gasteiger partial charge is 0.371 e. The molecule has 9 heteroatoms. The Morgan fingerprint density at radius 2 is 1.67 bits per heavy atom. The summed E-state index contributed by atoms with van der Waals surface area (Å²) >= 11 is 0. The van der Waals surface area contributed by atoms with E-state index in [-0.39, 0.29) is 19.6 Å². The highest BCUT2D eigenvalue weighted by atomic mass is 31.2. The largest absolute Gasteiger partial charge is 0.472 e. The van der Waals surface area contributed by atoms with Crippen molar-refractivity contribution < 1.29 is 32.7 Å². The summed E-state index contributed by atoms with van der Waals surface area (Å²) in [5, 5.41) is 0. The summed E-state index contributed by atoms with van der Waals surface area (Å²) in [6.07, 6.45) is 0.0975. The molecular weight excluding hydrogens is 282 g/mol. The van der Waals surface area contributed by atoms with Gasteiger partial charge in [0.2, 0.25) is 7.37 Å². The average Bonchev–Trinajstić information content (AvgIpc) is 2.04. The van der Waals surface area contributed by atoms with Crippen LogP contribution in [0.2, 0.25) is 0 Å². The van der Waals surface area contributed by atoms with Gasteiger partial charge in [-0.3, -0.25) is 13.6 Å². The van der Waals surface area contributed by atoms with Crippen LogP contribution in [0.25, 0.3) is 0 Å². The van der Waals surface area contributed by atoms with Gasteiger partial charge in [-0.1, -0.05) is 0 Å². The standard InChI is InChI=1S/C9H22O7P2/c1-9(2,3)16-18(12,13)15-7-5-6-14-8-17(4,10)11/h5-8H2,1-4H3,(H,10,11)(H,12,13). The first-order valence-corrected chi connectivity index (χ1v) is 9.25. The minimum atomic E-state index is -4.05. The van der Waals surface area contributed by atoms with Crippen molar-refractivity contribution in [3.8, 4) is 0 Å². The van der Waals surface area contributed by atoms with Crippen LogP contribution in [0.5, 0.6) is 0 Å². The minimum Gasteiger partial charge on any atom is -0.371 e. The van der Waals surface area contributed by atoms with E-state index in [0.717, 1.165) is 0 Å². The number of hydrogen-bond donors (Lipinski definition) is 2. The van der Waals surface area contributed by atoms with Crippen LogP contribution in [0, 0.1) is 0 Å². The Bertz CT molecular complexity index is 330. The molecule has 0 aliphatic carbocycles. The van der Waals surface area contributed by atoms with Crippen molar-refractivity contribution in [1.29, 1.82) is 0 Å². The molecule has 0 aliphatic rings. The molecule has 0 saturated heterocycles. The van der Waals surface area contributed by atoms with Gasteiger partial charge in [0.05, 0.1) is 12.2 Å². The fourth-order valence-corrected chi connectivity index (χ4v) is 2.52. The van der Waals surface area contributed by atoms with Gasteiger partial charge in [0.15, 0.2) is 0 Å². The first-order chi connectivity index (χ1) is 7.91. The Balaban J connectivity index is 3.72. The molecule has 0 aromatic heterocycles. The predicted octanol–water partition coefficient (Wildman–Crippen LogP) is 2.18. The molecule has 0 heterocycles. The highest BCUT2D eigenvalue weighted by Crippen LogP contribution is 2.47. The van der Waals surface area contributed by atoms with Crippen molar-refractivity contribution in [2.75, 3.05) is 26.2 Å². The molecule has 0 rings (SSSR count). The van der Waals surface area contributed by atoms with Crippen LogP contribution in [-0.2, 0) is 22.9 Å². The van der Waals surface area contributed by atoms with Crippen LogP contribution in [0.3, 0.4) is 0 Å². The molecule has 2 unspecified atom stereocenters. The van der Waals surface area contributed by atoms with Gasteiger partial charge in [-0.25, -0.2) is 4.57 Å². The van der Waals surface area contributed by atoms with E-state index in [4.69, 9.17) is 18.7 Å². The third kappa shape index (κ3) is 12.7. The summed E-state index contributed by atoms with van der Waals surface area (Å²) in [6, 6.07) is 0. The summed E-state index contributed by atoms with van der Waals surface area (Å²) in [6.45, 7) is 6.27. The lowest BCUT2D eigenvalue weighted by Gasteiger charge is -2.22. The van der Waals surface area contributed by atoms with E-state index in [1.165, 1.54) is 6.66 Å². The van der Waals surface area contributed by atoms with E-state index in [1.54, 1.807) is 20.8 Å². The number of ether oxygens (including phenoxy) is 1. The van der Waals surface area contributed by atoms with Crippen molar-refractivity contribution in [3.63, 3.8) is 0 Å². The van der Waals surface area contributed by atoms with Crippen LogP contribution in [0.1, 0.15) is 27.2 Å². The quantitative estimate of drug-likeness (QED) is 0.523. The Hall–Kier alpha value is 0.260. The maximum atomic E-state index is 11.4. The molecule has 2 N–H and O–H groups in total. The van der Waals surface area contributed by atoms with E-state index in [2.05, 4.69) is 0 Å². The van der Waals surface area contributed by atoms with Gasteiger partial charge in [-0.05, 0) is 27.2 Å². The Morgan fingerprint density at radius 3 is 2.11 bits per heavy atom. The molecule has 18 heavy (non-hydrogen) atoms. The zero-order valence-electron chi connectivity index (χ0n) is 11.2. The normalized spacial score (nSPS) is 19.2. The SMILES string of the molecule is CC(C)(C)OP(=O)(O)OCCCOCP(C)(=O)O. The van der Waals surface area contributed by atoms with Gasteiger partial charge in [-0.2, -0.15) is 0 Å². The van der Waals surface area contributed by atoms with Crippen molar-refractivity contribution in [1.82, 2.24) is 0 Å². The Kier molecular flexibility index (Phi) is 7.26. The third-order valence-electron chi connectivity index (χ3n) is 1.41. The topological polar surface area (TPSA) is 102 Å². The molecule has 110 valence electrons. The second-order valence-corrected chi connectivity index (χ2v) is 8.69. The third-order valence-corrected chi connectivity index (χ3v) is 3.36. The van der Waals surface area contributed by atoms with Crippen LogP contribution >= 0.6 is 15.2 Å². The minimum absolute atomic E-state index is 0.0245. The maximum Gasteiger partial charge on any atom is 0.472 e. The van der Waals surface area contributed by atoms with E-state index < -0.39 is 20.8 Å². The summed E-state index contributed by atoms with van der Waals surface area (Å²) in [5.41, 5.74) is -0.771. The van der Waals surface area contributed by atoms with Crippen molar-refractivity contribution in [2.24, 2.45) is 0 Å². The van der Waals surface area contributed by atoms with Crippen molar-refractivity contribution >= 4 is 15.2 Å². The molecule has 7 nitrogen and oxygen atoms in total. The lowest BCUT2D eigenvalue weighted by atomic mass is 10.2. The van der Waals surface area contributed by atoms with Crippen LogP contribution in [0.15, 0.2) is 0 Å². The first kappa shape index (κ1) is 18.3. The van der Waals surface area contributed by atoms with Gasteiger partial charge in [0.1, 0.15) is 6.35 Å². The highest BCUT2D eigenvalue weighted by molar-refractivity contribution is 7.56. The molecule has 0 spiro atoms. The van der Waals surface area contributed by atoms with E-state index in [1.807, 2.05) is 0 Å². The second kappa shape index (κ2) is 7.15. The first-order valence-electron chi connectivity index (χ1n) is 5.46. The van der Waals surface area contributed by atoms with Gasteiger partial charge >= 0.3 is 7.82 Å². The zero-order chi connectivity index (χ0) is 14.4. The molecule has 0 fully saturated rings. The average molecular weight is 304 g/mol. The summed E-state index contributed by atoms with van der Waals surface area (Å²) in [7, 11) is -7.22. The number of phosphoric acid groups is 1. The Morgan fingerprint density at radius 1 is 1.11 bits per heavy atom. The molecule has 0 aromatic carbocycles. The molecular formula is C9H22O7P2. The lowest BCUT2D eigenvalue weighted by Crippen LogP contribution is -2.18. The number of hydrogen-bond acceptors (Lipinski definition) is 5. The van der Waals surface area contributed by atoms with Gasteiger partial charge in [-0.15, -0.1) is 0 Å². The maximum absolute atomic E-state index is 11.4. The van der Waals surface area contributed by atoms with Gasteiger partial charge in [0, 0.05) is 13.3 Å². The molecule has 0 amide bonds. The molecule has 0 saturated carbocycles. The Labute approximate surface area is 108 Å². The monoisotopic (exact) mass is 304 g/mol. The van der Waals surface area contributed by atoms with Crippen LogP contribution in [-0.4, -0.2) is 41.6 Å². The fourth-order valence-electron chi connectivity index (χ4n) is 0.947. The predicted molar refractivity (Wildman–Crippen MR) is 67.8 cm³/mol. The molecule has 2 atom stereocenters. The zero-order valence-corrected chi connectivity index (χ0v) is 12.9. The van der Waals surface area contributed by atoms with Crippen LogP contribution in [0.4, 0.5) is 0 Å². The summed E-state index contributed by atoms with van der Waals surface area (Å²) in [5.74, 6) is 0. The number of rotatable bonds is 8. The van der Waals surface area contributed by atoms with Crippen molar-refractivity contribution in [2.45, 2.75) is 32.8 Å². The summed E-state index contributed by atoms with van der Waals surface area (Å²) in [4.78, 5) is 18.2. The molecule has 0 aliphatic heterocycles. The van der Waals surface area contributed by atoms with Crippen LogP contribution < -0.4 is 0 Å². The van der Waals surface area contributed by atoms with E-state index >= 15 is 0 Å².